The van der Waals surface area contributed by atoms with Crippen molar-refractivity contribution in [2.24, 2.45) is 7.05 Å². The van der Waals surface area contributed by atoms with Crippen LogP contribution in [0, 0.1) is 0 Å². The van der Waals surface area contributed by atoms with Crippen molar-refractivity contribution in [1.29, 1.82) is 0 Å². The predicted octanol–water partition coefficient (Wildman–Crippen LogP) is 2.25. The van der Waals surface area contributed by atoms with Gasteiger partial charge >= 0.3 is 0 Å². The molecule has 2 aromatic heterocycles. The van der Waals surface area contributed by atoms with Crippen LogP contribution in [0.3, 0.4) is 0 Å². The first-order valence-corrected chi connectivity index (χ1v) is 8.71. The number of hydrogen-bond donors (Lipinski definition) is 0. The number of ether oxygens (including phenoxy) is 1. The number of carbonyl (C=O) groups is 1. The molecule has 1 amide bonds. The summed E-state index contributed by atoms with van der Waals surface area (Å²) < 4.78 is 7.88. The number of aromatic nitrogens is 3. The molecule has 0 spiro atoms. The van der Waals surface area contributed by atoms with Crippen LogP contribution < -0.4 is 9.64 Å². The van der Waals surface area contributed by atoms with E-state index in [9.17, 15) is 4.79 Å². The molecule has 0 atom stereocenters. The fraction of sp³-hybridized carbons (Fsp3) is 0.353. The van der Waals surface area contributed by atoms with Gasteiger partial charge < -0.3 is 9.64 Å². The Morgan fingerprint density at radius 3 is 2.72 bits per heavy atom. The number of benzene rings is 1. The number of hydrogen-bond acceptors (Lipinski definition) is 6. The molecule has 0 unspecified atom stereocenters. The Hall–Kier alpha value is -2.45. The van der Waals surface area contributed by atoms with Gasteiger partial charge in [0, 0.05) is 26.3 Å². The smallest absolute Gasteiger partial charge is 0.267 e. The highest BCUT2D eigenvalue weighted by Crippen LogP contribution is 2.30. The van der Waals surface area contributed by atoms with Crippen molar-refractivity contribution in [3.63, 3.8) is 0 Å². The van der Waals surface area contributed by atoms with Crippen molar-refractivity contribution in [2.75, 3.05) is 39.2 Å². The molecule has 7 nitrogen and oxygen atoms in total. The van der Waals surface area contributed by atoms with Crippen molar-refractivity contribution in [2.45, 2.75) is 0 Å². The lowest BCUT2D eigenvalue weighted by molar-refractivity contribution is 0.0982. The molecular weight excluding hydrogens is 338 g/mol. The number of fused-ring (bicyclic) bond motifs is 1. The molecule has 0 radical (unpaired) electrons. The largest absolute Gasteiger partial charge is 0.479 e. The van der Waals surface area contributed by atoms with E-state index in [0.29, 0.717) is 23.1 Å². The minimum Gasteiger partial charge on any atom is -0.479 e. The summed E-state index contributed by atoms with van der Waals surface area (Å²) in [6.45, 7) is 1.26. The minimum absolute atomic E-state index is 0.161. The zero-order valence-electron chi connectivity index (χ0n) is 14.8. The van der Waals surface area contributed by atoms with Gasteiger partial charge in [-0.1, -0.05) is 23.5 Å². The van der Waals surface area contributed by atoms with Gasteiger partial charge in [0.05, 0.1) is 17.3 Å². The summed E-state index contributed by atoms with van der Waals surface area (Å²) in [5, 5.41) is 4.86. The summed E-state index contributed by atoms with van der Waals surface area (Å²) in [5.74, 6) is 0.161. The molecule has 0 saturated carbocycles. The van der Waals surface area contributed by atoms with Crippen LogP contribution in [-0.4, -0.2) is 59.9 Å². The zero-order valence-corrected chi connectivity index (χ0v) is 15.6. The Balaban J connectivity index is 2.00. The van der Waals surface area contributed by atoms with Crippen LogP contribution in [0.25, 0.3) is 10.2 Å². The monoisotopic (exact) mass is 359 g/mol. The number of rotatable bonds is 6. The Kier molecular flexibility index (Phi) is 5.00. The zero-order chi connectivity index (χ0) is 18.0. The molecule has 25 heavy (non-hydrogen) atoms. The first-order chi connectivity index (χ1) is 12.0. The molecule has 0 bridgehead atoms. The highest BCUT2D eigenvalue weighted by Gasteiger charge is 2.26. The number of nitrogens with zero attached hydrogens (tertiary/aromatic N) is 5. The van der Waals surface area contributed by atoms with Gasteiger partial charge in [-0.2, -0.15) is 0 Å². The number of aryl methyl sites for hydroxylation is 1. The van der Waals surface area contributed by atoms with Crippen LogP contribution in [0.1, 0.15) is 10.4 Å². The highest BCUT2D eigenvalue weighted by atomic mass is 32.1. The predicted molar refractivity (Wildman–Crippen MR) is 99.6 cm³/mol. The lowest BCUT2D eigenvalue weighted by Gasteiger charge is -2.21. The number of thiazole rings is 1. The fourth-order valence-corrected chi connectivity index (χ4v) is 3.46. The molecule has 0 aliphatic heterocycles. The van der Waals surface area contributed by atoms with Gasteiger partial charge in [0.1, 0.15) is 5.56 Å². The van der Waals surface area contributed by atoms with Crippen LogP contribution in [0.2, 0.25) is 0 Å². The first kappa shape index (κ1) is 17.4. The Bertz CT molecular complexity index is 853. The van der Waals surface area contributed by atoms with E-state index < -0.39 is 0 Å². The molecular formula is C17H21N5O2S. The first-order valence-electron chi connectivity index (χ1n) is 7.89. The van der Waals surface area contributed by atoms with E-state index in [-0.39, 0.29) is 5.91 Å². The van der Waals surface area contributed by atoms with Crippen LogP contribution in [-0.2, 0) is 7.05 Å². The molecule has 8 heteroatoms. The average Bonchev–Trinajstić information content (AvgIpc) is 3.17. The number of methoxy groups -OCH3 is 1. The van der Waals surface area contributed by atoms with Crippen molar-refractivity contribution < 1.29 is 9.53 Å². The van der Waals surface area contributed by atoms with E-state index in [1.165, 1.54) is 18.4 Å². The van der Waals surface area contributed by atoms with E-state index in [0.717, 1.165) is 16.8 Å². The van der Waals surface area contributed by atoms with Crippen LogP contribution in [0.15, 0.2) is 30.5 Å². The van der Waals surface area contributed by atoms with Crippen molar-refractivity contribution in [3.05, 3.63) is 36.0 Å². The van der Waals surface area contributed by atoms with Gasteiger partial charge in [0.25, 0.3) is 5.91 Å². The third kappa shape index (κ3) is 3.64. The van der Waals surface area contributed by atoms with Crippen molar-refractivity contribution in [3.8, 4) is 5.88 Å². The maximum absolute atomic E-state index is 13.2. The van der Waals surface area contributed by atoms with Crippen LogP contribution in [0.5, 0.6) is 5.88 Å². The number of para-hydroxylation sites is 1. The van der Waals surface area contributed by atoms with Crippen LogP contribution in [0.4, 0.5) is 5.13 Å². The lowest BCUT2D eigenvalue weighted by Crippen LogP contribution is -2.36. The second-order valence-corrected chi connectivity index (χ2v) is 6.96. The molecule has 0 fully saturated rings. The van der Waals surface area contributed by atoms with E-state index in [4.69, 9.17) is 4.74 Å². The SMILES string of the molecule is COc1nn(C)cc1C(=O)N(CCN(C)C)c1nc2ccccc2s1. The fourth-order valence-electron chi connectivity index (χ4n) is 2.47. The molecule has 0 aliphatic carbocycles. The third-order valence-corrected chi connectivity index (χ3v) is 4.81. The second kappa shape index (κ2) is 7.20. The lowest BCUT2D eigenvalue weighted by atomic mass is 10.3. The van der Waals surface area contributed by atoms with E-state index in [1.54, 1.807) is 22.8 Å². The molecule has 3 rings (SSSR count). The number of likely N-dealkylation sites (N-methyl/N-ethyl adjacent to an activating group) is 1. The van der Waals surface area contributed by atoms with Gasteiger partial charge in [-0.15, -0.1) is 5.10 Å². The quantitative estimate of drug-likeness (QED) is 0.675. The molecule has 0 N–H and O–H groups in total. The van der Waals surface area contributed by atoms with E-state index in [1.807, 2.05) is 43.3 Å². The van der Waals surface area contributed by atoms with Gasteiger partial charge in [0.15, 0.2) is 5.13 Å². The summed E-state index contributed by atoms with van der Waals surface area (Å²) in [6, 6.07) is 7.88. The summed E-state index contributed by atoms with van der Waals surface area (Å²) >= 11 is 1.51. The molecule has 0 saturated heterocycles. The highest BCUT2D eigenvalue weighted by molar-refractivity contribution is 7.22. The molecule has 1 aromatic carbocycles. The number of amides is 1. The van der Waals surface area contributed by atoms with Gasteiger partial charge in [0.2, 0.25) is 5.88 Å². The number of anilines is 1. The van der Waals surface area contributed by atoms with Crippen LogP contribution >= 0.6 is 11.3 Å². The van der Waals surface area contributed by atoms with Crippen molar-refractivity contribution in [1.82, 2.24) is 19.7 Å². The third-order valence-electron chi connectivity index (χ3n) is 3.75. The maximum atomic E-state index is 13.2. The second-order valence-electron chi connectivity index (χ2n) is 5.95. The standard InChI is InChI=1S/C17H21N5O2S/c1-20(2)9-10-22(16(23)12-11-21(3)19-15(12)24-4)17-18-13-7-5-6-8-14(13)25-17/h5-8,11H,9-10H2,1-4H3. The van der Waals surface area contributed by atoms with Crippen molar-refractivity contribution >= 4 is 32.6 Å². The normalized spacial score (nSPS) is 11.2. The molecule has 132 valence electrons. The Labute approximate surface area is 150 Å². The molecule has 2 heterocycles. The van der Waals surface area contributed by atoms with Gasteiger partial charge in [-0.3, -0.25) is 14.4 Å². The van der Waals surface area contributed by atoms with Gasteiger partial charge in [-0.05, 0) is 26.2 Å². The summed E-state index contributed by atoms with van der Waals surface area (Å²) in [6.07, 6.45) is 1.68. The molecule has 0 aliphatic rings. The van der Waals surface area contributed by atoms with E-state index in [2.05, 4.69) is 10.1 Å². The number of carbonyl (C=O) groups excluding carboxylic acids is 1. The summed E-state index contributed by atoms with van der Waals surface area (Å²) in [4.78, 5) is 21.5. The minimum atomic E-state index is -0.161. The maximum Gasteiger partial charge on any atom is 0.267 e. The Morgan fingerprint density at radius 1 is 1.28 bits per heavy atom. The Morgan fingerprint density at radius 2 is 2.04 bits per heavy atom. The van der Waals surface area contributed by atoms with E-state index >= 15 is 0 Å². The summed E-state index contributed by atoms with van der Waals surface area (Å²) in [5.41, 5.74) is 1.33. The average molecular weight is 359 g/mol. The van der Waals surface area contributed by atoms with Gasteiger partial charge in [-0.25, -0.2) is 4.98 Å². The summed E-state index contributed by atoms with van der Waals surface area (Å²) in [7, 11) is 7.24. The topological polar surface area (TPSA) is 63.5 Å². The molecule has 3 aromatic rings.